The predicted octanol–water partition coefficient (Wildman–Crippen LogP) is 6.29. The van der Waals surface area contributed by atoms with E-state index in [1.807, 2.05) is 0 Å². The molecule has 0 aliphatic heterocycles. The average molecular weight is 400 g/mol. The van der Waals surface area contributed by atoms with Crippen molar-refractivity contribution in [1.82, 2.24) is 9.97 Å². The van der Waals surface area contributed by atoms with Crippen molar-refractivity contribution in [3.8, 4) is 11.1 Å². The van der Waals surface area contributed by atoms with Crippen LogP contribution < -0.4 is 0 Å². The van der Waals surface area contributed by atoms with Gasteiger partial charge in [0.15, 0.2) is 22.9 Å². The zero-order chi connectivity index (χ0) is 20.4. The molecule has 0 bridgehead atoms. The number of rotatable bonds is 1. The number of aryl methyl sites for hydroxylation is 2. The van der Waals surface area contributed by atoms with Crippen molar-refractivity contribution in [2.24, 2.45) is 0 Å². The minimum absolute atomic E-state index is 0.0533. The van der Waals surface area contributed by atoms with Crippen LogP contribution in [0.4, 0.5) is 26.3 Å². The van der Waals surface area contributed by atoms with E-state index in [1.165, 1.54) is 13.8 Å². The van der Waals surface area contributed by atoms with Crippen LogP contribution in [0, 0.1) is 13.8 Å². The molecular formula is C18H10F6N2O2. The Labute approximate surface area is 152 Å². The standard InChI is InChI=1S/C18H10F6N2O2/c1-7-25-13-5-11(17(19,20)21)9(3-15(13)27-7)10-4-16-14(26-8(2)28-16)6-12(10)18(22,23)24/h3-6H,1-2H3. The van der Waals surface area contributed by atoms with Crippen molar-refractivity contribution in [2.45, 2.75) is 26.2 Å². The van der Waals surface area contributed by atoms with Gasteiger partial charge in [-0.2, -0.15) is 26.3 Å². The van der Waals surface area contributed by atoms with Crippen molar-refractivity contribution in [3.63, 3.8) is 0 Å². The zero-order valence-corrected chi connectivity index (χ0v) is 14.3. The number of hydrogen-bond donors (Lipinski definition) is 0. The molecule has 0 atom stereocenters. The summed E-state index contributed by atoms with van der Waals surface area (Å²) in [6, 6.07) is 3.18. The molecular weight excluding hydrogens is 390 g/mol. The highest BCUT2D eigenvalue weighted by Crippen LogP contribution is 2.45. The van der Waals surface area contributed by atoms with Gasteiger partial charge in [-0.3, -0.25) is 0 Å². The molecule has 0 spiro atoms. The van der Waals surface area contributed by atoms with Crippen LogP contribution in [0.15, 0.2) is 33.1 Å². The Morgan fingerprint density at radius 1 is 0.643 bits per heavy atom. The lowest BCUT2D eigenvalue weighted by molar-refractivity contribution is -0.139. The molecule has 4 aromatic rings. The third-order valence-electron chi connectivity index (χ3n) is 4.17. The summed E-state index contributed by atoms with van der Waals surface area (Å²) in [6.07, 6.45) is -9.82. The Hall–Kier alpha value is -3.04. The maximum Gasteiger partial charge on any atom is 0.417 e. The van der Waals surface area contributed by atoms with Gasteiger partial charge < -0.3 is 8.83 Å². The van der Waals surface area contributed by atoms with Gasteiger partial charge in [0.2, 0.25) is 0 Å². The molecule has 2 aromatic heterocycles. The summed E-state index contributed by atoms with van der Waals surface area (Å²) in [6.45, 7) is 2.86. The SMILES string of the molecule is Cc1nc2cc(C(F)(F)F)c(-c3cc4oc(C)nc4cc3C(F)(F)F)cc2o1. The lowest BCUT2D eigenvalue weighted by atomic mass is 9.93. The Bertz CT molecular complexity index is 1120. The third-order valence-corrected chi connectivity index (χ3v) is 4.17. The van der Waals surface area contributed by atoms with Crippen LogP contribution in [0.25, 0.3) is 33.3 Å². The first kappa shape index (κ1) is 18.3. The number of oxazole rings is 2. The van der Waals surface area contributed by atoms with E-state index >= 15 is 0 Å². The van der Waals surface area contributed by atoms with Gasteiger partial charge in [0, 0.05) is 13.8 Å². The van der Waals surface area contributed by atoms with Crippen LogP contribution >= 0.6 is 0 Å². The molecule has 2 aromatic carbocycles. The second-order valence-corrected chi connectivity index (χ2v) is 6.19. The van der Waals surface area contributed by atoms with E-state index < -0.39 is 34.6 Å². The summed E-state index contributed by atoms with van der Waals surface area (Å²) in [4.78, 5) is 7.66. The van der Waals surface area contributed by atoms with Gasteiger partial charge in [-0.25, -0.2) is 9.97 Å². The fraction of sp³-hybridized carbons (Fsp3) is 0.222. The molecule has 0 radical (unpaired) electrons. The van der Waals surface area contributed by atoms with Crippen molar-refractivity contribution in [2.75, 3.05) is 0 Å². The molecule has 0 saturated heterocycles. The number of halogens is 6. The van der Waals surface area contributed by atoms with Crippen molar-refractivity contribution in [3.05, 3.63) is 47.2 Å². The number of fused-ring (bicyclic) bond motifs is 2. The van der Waals surface area contributed by atoms with E-state index in [9.17, 15) is 26.3 Å². The van der Waals surface area contributed by atoms with Gasteiger partial charge in [-0.15, -0.1) is 0 Å². The first-order chi connectivity index (χ1) is 12.9. The van der Waals surface area contributed by atoms with E-state index in [4.69, 9.17) is 8.83 Å². The predicted molar refractivity (Wildman–Crippen MR) is 86.5 cm³/mol. The number of benzene rings is 2. The molecule has 28 heavy (non-hydrogen) atoms. The first-order valence-corrected chi connectivity index (χ1v) is 7.90. The summed E-state index contributed by atoms with van der Waals surface area (Å²) in [5.74, 6) is 0.190. The fourth-order valence-electron chi connectivity index (χ4n) is 3.09. The third kappa shape index (κ3) is 2.98. The van der Waals surface area contributed by atoms with Crippen LogP contribution in [0.5, 0.6) is 0 Å². The van der Waals surface area contributed by atoms with Crippen LogP contribution in [0.1, 0.15) is 22.9 Å². The monoisotopic (exact) mass is 400 g/mol. The second-order valence-electron chi connectivity index (χ2n) is 6.19. The summed E-state index contributed by atoms with van der Waals surface area (Å²) in [5.41, 5.74) is -4.18. The number of aromatic nitrogens is 2. The highest BCUT2D eigenvalue weighted by Gasteiger charge is 2.39. The van der Waals surface area contributed by atoms with Gasteiger partial charge >= 0.3 is 12.4 Å². The minimum Gasteiger partial charge on any atom is -0.441 e. The molecule has 0 unspecified atom stereocenters. The van der Waals surface area contributed by atoms with Crippen LogP contribution in [0.3, 0.4) is 0 Å². The maximum atomic E-state index is 13.6. The largest absolute Gasteiger partial charge is 0.441 e. The van der Waals surface area contributed by atoms with Crippen LogP contribution in [-0.4, -0.2) is 9.97 Å². The van der Waals surface area contributed by atoms with Gasteiger partial charge in [0.05, 0.1) is 11.1 Å². The molecule has 4 rings (SSSR count). The van der Waals surface area contributed by atoms with Crippen LogP contribution in [0.2, 0.25) is 0 Å². The van der Waals surface area contributed by atoms with Crippen molar-refractivity contribution in [1.29, 1.82) is 0 Å². The highest BCUT2D eigenvalue weighted by atomic mass is 19.4. The molecule has 0 amide bonds. The summed E-state index contributed by atoms with van der Waals surface area (Å²) in [5, 5.41) is 0. The molecule has 0 aliphatic carbocycles. The summed E-state index contributed by atoms with van der Waals surface area (Å²) in [7, 11) is 0. The number of nitrogens with zero attached hydrogens (tertiary/aromatic N) is 2. The molecule has 4 nitrogen and oxygen atoms in total. The summed E-state index contributed by atoms with van der Waals surface area (Å²) < 4.78 is 92.3. The topological polar surface area (TPSA) is 52.1 Å². The Morgan fingerprint density at radius 2 is 1.00 bits per heavy atom. The van der Waals surface area contributed by atoms with E-state index in [1.54, 1.807) is 0 Å². The van der Waals surface area contributed by atoms with Crippen molar-refractivity contribution >= 4 is 22.2 Å². The Morgan fingerprint density at radius 3 is 1.32 bits per heavy atom. The molecule has 0 aliphatic rings. The molecule has 10 heteroatoms. The molecule has 2 heterocycles. The quantitative estimate of drug-likeness (QED) is 0.352. The lowest BCUT2D eigenvalue weighted by Gasteiger charge is -2.17. The van der Waals surface area contributed by atoms with E-state index in [-0.39, 0.29) is 34.0 Å². The lowest BCUT2D eigenvalue weighted by Crippen LogP contribution is -2.11. The zero-order valence-electron chi connectivity index (χ0n) is 14.3. The average Bonchev–Trinajstić information content (AvgIpc) is 3.09. The van der Waals surface area contributed by atoms with Gasteiger partial charge in [0.25, 0.3) is 0 Å². The van der Waals surface area contributed by atoms with Gasteiger partial charge in [0.1, 0.15) is 11.0 Å². The number of alkyl halides is 6. The van der Waals surface area contributed by atoms with E-state index in [0.29, 0.717) is 12.1 Å². The molecule has 146 valence electrons. The first-order valence-electron chi connectivity index (χ1n) is 7.90. The van der Waals surface area contributed by atoms with Crippen molar-refractivity contribution < 1.29 is 35.2 Å². The Balaban J connectivity index is 2.12. The molecule has 0 N–H and O–H groups in total. The van der Waals surface area contributed by atoms with Crippen LogP contribution in [-0.2, 0) is 12.4 Å². The van der Waals surface area contributed by atoms with E-state index in [0.717, 1.165) is 12.1 Å². The molecule has 0 fully saturated rings. The maximum absolute atomic E-state index is 13.6. The van der Waals surface area contributed by atoms with E-state index in [2.05, 4.69) is 9.97 Å². The molecule has 0 saturated carbocycles. The normalized spacial score (nSPS) is 13.0. The second kappa shape index (κ2) is 5.73. The van der Waals surface area contributed by atoms with Gasteiger partial charge in [-0.1, -0.05) is 0 Å². The highest BCUT2D eigenvalue weighted by molar-refractivity contribution is 5.89. The minimum atomic E-state index is -4.91. The smallest absolute Gasteiger partial charge is 0.417 e. The fourth-order valence-corrected chi connectivity index (χ4v) is 3.09. The summed E-state index contributed by atoms with van der Waals surface area (Å²) >= 11 is 0. The Kier molecular flexibility index (Phi) is 3.75. The number of hydrogen-bond acceptors (Lipinski definition) is 4. The van der Waals surface area contributed by atoms with Gasteiger partial charge in [-0.05, 0) is 35.4 Å².